The fourth-order valence-corrected chi connectivity index (χ4v) is 1.94. The summed E-state index contributed by atoms with van der Waals surface area (Å²) in [6.45, 7) is 6.53. The van der Waals surface area contributed by atoms with Crippen molar-refractivity contribution in [2.75, 3.05) is 53.5 Å². The second kappa shape index (κ2) is 7.17. The Morgan fingerprint density at radius 2 is 1.93 bits per heavy atom. The predicted molar refractivity (Wildman–Crippen MR) is 63.0 cm³/mol. The lowest BCUT2D eigenvalue weighted by Crippen LogP contribution is -2.48. The van der Waals surface area contributed by atoms with Crippen LogP contribution in [0.15, 0.2) is 0 Å². The summed E-state index contributed by atoms with van der Waals surface area (Å²) in [7, 11) is 3.92. The monoisotopic (exact) mass is 215 g/mol. The van der Waals surface area contributed by atoms with E-state index in [9.17, 15) is 0 Å². The van der Waals surface area contributed by atoms with Gasteiger partial charge in [-0.05, 0) is 19.9 Å². The third-order valence-corrected chi connectivity index (χ3v) is 3.01. The average Bonchev–Trinajstić information content (AvgIpc) is 2.22. The van der Waals surface area contributed by atoms with Crippen molar-refractivity contribution in [3.05, 3.63) is 0 Å². The summed E-state index contributed by atoms with van der Waals surface area (Å²) in [4.78, 5) is 4.84. The standard InChI is InChI=1S/C11H25N3O/c1-13-5-7-14(8-6-13)10-11(12)4-3-9-15-2/h11H,3-10,12H2,1-2H3. The molecular formula is C11H25N3O. The average molecular weight is 215 g/mol. The number of likely N-dealkylation sites (N-methyl/N-ethyl adjacent to an activating group) is 1. The molecule has 1 unspecified atom stereocenters. The molecule has 1 aliphatic rings. The number of piperazine rings is 1. The molecular weight excluding hydrogens is 190 g/mol. The number of nitrogens with two attached hydrogens (primary N) is 1. The zero-order valence-corrected chi connectivity index (χ0v) is 10.1. The summed E-state index contributed by atoms with van der Waals surface area (Å²) >= 11 is 0. The fraction of sp³-hybridized carbons (Fsp3) is 1.00. The minimum absolute atomic E-state index is 0.309. The first kappa shape index (κ1) is 12.9. The van der Waals surface area contributed by atoms with Crippen molar-refractivity contribution in [1.29, 1.82) is 0 Å². The molecule has 1 saturated heterocycles. The molecule has 0 saturated carbocycles. The van der Waals surface area contributed by atoms with Crippen molar-refractivity contribution in [1.82, 2.24) is 9.80 Å². The molecule has 1 aliphatic heterocycles. The molecule has 1 fully saturated rings. The largest absolute Gasteiger partial charge is 0.385 e. The van der Waals surface area contributed by atoms with Gasteiger partial charge in [0, 0.05) is 52.5 Å². The first-order valence-electron chi connectivity index (χ1n) is 5.88. The smallest absolute Gasteiger partial charge is 0.0462 e. The number of nitrogens with zero attached hydrogens (tertiary/aromatic N) is 2. The van der Waals surface area contributed by atoms with Crippen molar-refractivity contribution in [2.24, 2.45) is 5.73 Å². The molecule has 1 atom stereocenters. The van der Waals surface area contributed by atoms with Crippen LogP contribution in [0, 0.1) is 0 Å². The van der Waals surface area contributed by atoms with Gasteiger partial charge >= 0.3 is 0 Å². The Balaban J connectivity index is 2.06. The van der Waals surface area contributed by atoms with Crippen molar-refractivity contribution >= 4 is 0 Å². The summed E-state index contributed by atoms with van der Waals surface area (Å²) in [6, 6.07) is 0.309. The van der Waals surface area contributed by atoms with Crippen LogP contribution in [-0.2, 0) is 4.74 Å². The number of ether oxygens (including phenoxy) is 1. The SMILES string of the molecule is COCCCC(N)CN1CCN(C)CC1. The zero-order valence-electron chi connectivity index (χ0n) is 10.1. The van der Waals surface area contributed by atoms with E-state index >= 15 is 0 Å². The van der Waals surface area contributed by atoms with Gasteiger partial charge in [0.15, 0.2) is 0 Å². The molecule has 4 heteroatoms. The van der Waals surface area contributed by atoms with E-state index in [0.29, 0.717) is 6.04 Å². The van der Waals surface area contributed by atoms with Gasteiger partial charge in [0.05, 0.1) is 0 Å². The molecule has 0 aromatic carbocycles. The first-order chi connectivity index (χ1) is 7.22. The Kier molecular flexibility index (Phi) is 6.17. The van der Waals surface area contributed by atoms with Gasteiger partial charge in [0.1, 0.15) is 0 Å². The van der Waals surface area contributed by atoms with Crippen LogP contribution in [0.2, 0.25) is 0 Å². The summed E-state index contributed by atoms with van der Waals surface area (Å²) in [5.74, 6) is 0. The van der Waals surface area contributed by atoms with E-state index in [4.69, 9.17) is 10.5 Å². The molecule has 0 bridgehead atoms. The topological polar surface area (TPSA) is 41.7 Å². The van der Waals surface area contributed by atoms with Gasteiger partial charge in [-0.1, -0.05) is 0 Å². The maximum atomic E-state index is 6.07. The van der Waals surface area contributed by atoms with Crippen LogP contribution in [-0.4, -0.2) is 69.3 Å². The summed E-state index contributed by atoms with van der Waals surface area (Å²) in [5, 5.41) is 0. The van der Waals surface area contributed by atoms with Gasteiger partial charge in [-0.15, -0.1) is 0 Å². The second-order valence-electron chi connectivity index (χ2n) is 4.50. The molecule has 0 radical (unpaired) electrons. The minimum atomic E-state index is 0.309. The lowest BCUT2D eigenvalue weighted by Gasteiger charge is -2.33. The molecule has 0 aromatic rings. The van der Waals surface area contributed by atoms with E-state index in [1.807, 2.05) is 0 Å². The Hall–Kier alpha value is -0.160. The molecule has 90 valence electrons. The number of rotatable bonds is 6. The third-order valence-electron chi connectivity index (χ3n) is 3.01. The van der Waals surface area contributed by atoms with Gasteiger partial charge in [-0.25, -0.2) is 0 Å². The predicted octanol–water partition coefficient (Wildman–Crippen LogP) is -0.0123. The van der Waals surface area contributed by atoms with Crippen LogP contribution in [0.1, 0.15) is 12.8 Å². The van der Waals surface area contributed by atoms with Gasteiger partial charge in [-0.2, -0.15) is 0 Å². The van der Waals surface area contributed by atoms with E-state index in [2.05, 4.69) is 16.8 Å². The Morgan fingerprint density at radius 3 is 2.53 bits per heavy atom. The number of hydrogen-bond acceptors (Lipinski definition) is 4. The van der Waals surface area contributed by atoms with E-state index in [1.54, 1.807) is 7.11 Å². The highest BCUT2D eigenvalue weighted by Crippen LogP contribution is 2.02. The molecule has 0 amide bonds. The molecule has 0 aromatic heterocycles. The van der Waals surface area contributed by atoms with Gasteiger partial charge in [0.2, 0.25) is 0 Å². The Bertz CT molecular complexity index is 158. The quantitative estimate of drug-likeness (QED) is 0.633. The maximum absolute atomic E-state index is 6.07. The number of methoxy groups -OCH3 is 1. The van der Waals surface area contributed by atoms with Crippen molar-refractivity contribution < 1.29 is 4.74 Å². The molecule has 1 heterocycles. The third kappa shape index (κ3) is 5.47. The molecule has 0 spiro atoms. The van der Waals surface area contributed by atoms with Gasteiger partial charge in [-0.3, -0.25) is 4.90 Å². The van der Waals surface area contributed by atoms with Crippen LogP contribution in [0.4, 0.5) is 0 Å². The van der Waals surface area contributed by atoms with Crippen LogP contribution in [0.3, 0.4) is 0 Å². The second-order valence-corrected chi connectivity index (χ2v) is 4.50. The minimum Gasteiger partial charge on any atom is -0.385 e. The normalized spacial score (nSPS) is 21.8. The zero-order chi connectivity index (χ0) is 11.1. The first-order valence-corrected chi connectivity index (χ1v) is 5.88. The van der Waals surface area contributed by atoms with Crippen molar-refractivity contribution in [3.63, 3.8) is 0 Å². The van der Waals surface area contributed by atoms with E-state index < -0.39 is 0 Å². The van der Waals surface area contributed by atoms with E-state index in [1.165, 1.54) is 13.1 Å². The molecule has 15 heavy (non-hydrogen) atoms. The fourth-order valence-electron chi connectivity index (χ4n) is 1.94. The van der Waals surface area contributed by atoms with Crippen LogP contribution >= 0.6 is 0 Å². The highest BCUT2D eigenvalue weighted by Gasteiger charge is 2.15. The molecule has 1 rings (SSSR count). The summed E-state index contributed by atoms with van der Waals surface area (Å²) < 4.78 is 5.02. The van der Waals surface area contributed by atoms with E-state index in [0.717, 1.165) is 39.1 Å². The van der Waals surface area contributed by atoms with Crippen LogP contribution < -0.4 is 5.73 Å². The maximum Gasteiger partial charge on any atom is 0.0462 e. The highest BCUT2D eigenvalue weighted by molar-refractivity contribution is 4.74. The summed E-state index contributed by atoms with van der Waals surface area (Å²) in [6.07, 6.45) is 2.14. The molecule has 4 nitrogen and oxygen atoms in total. The Labute approximate surface area is 93.4 Å². The van der Waals surface area contributed by atoms with E-state index in [-0.39, 0.29) is 0 Å². The van der Waals surface area contributed by atoms with Gasteiger partial charge in [0.25, 0.3) is 0 Å². The summed E-state index contributed by atoms with van der Waals surface area (Å²) in [5.41, 5.74) is 6.07. The highest BCUT2D eigenvalue weighted by atomic mass is 16.5. The molecule has 0 aliphatic carbocycles. The van der Waals surface area contributed by atoms with Crippen LogP contribution in [0.5, 0.6) is 0 Å². The van der Waals surface area contributed by atoms with Crippen molar-refractivity contribution in [3.8, 4) is 0 Å². The molecule has 2 N–H and O–H groups in total. The van der Waals surface area contributed by atoms with Crippen molar-refractivity contribution in [2.45, 2.75) is 18.9 Å². The lowest BCUT2D eigenvalue weighted by atomic mass is 10.1. The van der Waals surface area contributed by atoms with Gasteiger partial charge < -0.3 is 15.4 Å². The number of hydrogen-bond donors (Lipinski definition) is 1. The Morgan fingerprint density at radius 1 is 1.27 bits per heavy atom. The lowest BCUT2D eigenvalue weighted by molar-refractivity contribution is 0.142. The van der Waals surface area contributed by atoms with Crippen LogP contribution in [0.25, 0.3) is 0 Å².